The molecule has 4 heterocycles. The average Bonchev–Trinajstić information content (AvgIpc) is 3.20. The zero-order valence-corrected chi connectivity index (χ0v) is 24.0. The molecule has 4 rings (SSSR count). The van der Waals surface area contributed by atoms with Crippen LogP contribution in [0.4, 0.5) is 0 Å². The standard InChI is InChI=1S/C18H20Br2S4Si2/c1-25(2,3)11-7-9-15(23-11)13(19)17(21-9)18-14(20)16-10(22-18)8-12(24-16)26(4,5)6/h7-8H,1-6H3. The van der Waals surface area contributed by atoms with Gasteiger partial charge in [-0.15, -0.1) is 45.3 Å². The van der Waals surface area contributed by atoms with E-state index in [-0.39, 0.29) is 0 Å². The summed E-state index contributed by atoms with van der Waals surface area (Å²) < 4.78 is 11.5. The lowest BCUT2D eigenvalue weighted by Crippen LogP contribution is -2.34. The van der Waals surface area contributed by atoms with Crippen molar-refractivity contribution in [2.75, 3.05) is 0 Å². The van der Waals surface area contributed by atoms with Gasteiger partial charge in [0.15, 0.2) is 0 Å². The van der Waals surface area contributed by atoms with Gasteiger partial charge in [0.05, 0.1) is 44.2 Å². The first-order valence-corrected chi connectivity index (χ1v) is 20.3. The summed E-state index contributed by atoms with van der Waals surface area (Å²) in [6.07, 6.45) is 0. The molecular formula is C18H20Br2S4Si2. The number of hydrogen-bond acceptors (Lipinski definition) is 4. The molecule has 0 atom stereocenters. The van der Waals surface area contributed by atoms with E-state index in [0.717, 1.165) is 0 Å². The van der Waals surface area contributed by atoms with Crippen LogP contribution in [0, 0.1) is 0 Å². The zero-order valence-electron chi connectivity index (χ0n) is 15.5. The molecule has 0 fully saturated rings. The summed E-state index contributed by atoms with van der Waals surface area (Å²) in [4.78, 5) is 2.76. The first-order valence-electron chi connectivity index (χ1n) is 8.42. The maximum absolute atomic E-state index is 3.93. The van der Waals surface area contributed by atoms with Gasteiger partial charge in [-0.1, -0.05) is 39.3 Å². The molecular weight excluding hydrogens is 560 g/mol. The lowest BCUT2D eigenvalue weighted by molar-refractivity contribution is 1.79. The van der Waals surface area contributed by atoms with Gasteiger partial charge in [-0.3, -0.25) is 0 Å². The van der Waals surface area contributed by atoms with Gasteiger partial charge in [-0.2, -0.15) is 0 Å². The van der Waals surface area contributed by atoms with Gasteiger partial charge in [-0.05, 0) is 53.0 Å². The summed E-state index contributed by atoms with van der Waals surface area (Å²) in [5, 5.41) is 0. The summed E-state index contributed by atoms with van der Waals surface area (Å²) in [7, 11) is -2.49. The molecule has 138 valence electrons. The van der Waals surface area contributed by atoms with Gasteiger partial charge in [0.2, 0.25) is 0 Å². The predicted octanol–water partition coefficient (Wildman–Crippen LogP) is 8.52. The Morgan fingerprint density at radius 3 is 1.23 bits per heavy atom. The van der Waals surface area contributed by atoms with Crippen LogP contribution in [0.3, 0.4) is 0 Å². The predicted molar refractivity (Wildman–Crippen MR) is 140 cm³/mol. The van der Waals surface area contributed by atoms with Crippen LogP contribution in [0.1, 0.15) is 0 Å². The second-order valence-corrected chi connectivity index (χ2v) is 25.2. The van der Waals surface area contributed by atoms with E-state index in [1.807, 2.05) is 45.3 Å². The molecule has 0 N–H and O–H groups in total. The van der Waals surface area contributed by atoms with E-state index in [2.05, 4.69) is 83.3 Å². The smallest absolute Gasteiger partial charge is 0.0904 e. The lowest BCUT2D eigenvalue weighted by atomic mass is 10.3. The first-order chi connectivity index (χ1) is 12.0. The Morgan fingerprint density at radius 1 is 0.615 bits per heavy atom. The zero-order chi connectivity index (χ0) is 19.0. The third-order valence-corrected chi connectivity index (χ3v) is 19.1. The molecule has 0 aromatic carbocycles. The molecule has 0 nitrogen and oxygen atoms in total. The molecule has 0 spiro atoms. The number of fused-ring (bicyclic) bond motifs is 2. The fourth-order valence-corrected chi connectivity index (χ4v) is 14.0. The normalized spacial score (nSPS) is 13.4. The van der Waals surface area contributed by atoms with Crippen molar-refractivity contribution < 1.29 is 0 Å². The van der Waals surface area contributed by atoms with Crippen LogP contribution in [-0.4, -0.2) is 16.1 Å². The van der Waals surface area contributed by atoms with E-state index in [1.165, 1.54) is 37.5 Å². The number of thiophene rings is 4. The molecule has 0 saturated carbocycles. The van der Waals surface area contributed by atoms with Crippen molar-refractivity contribution in [2.24, 2.45) is 0 Å². The van der Waals surface area contributed by atoms with E-state index in [9.17, 15) is 0 Å². The first kappa shape index (κ1) is 20.0. The van der Waals surface area contributed by atoms with Gasteiger partial charge >= 0.3 is 0 Å². The molecule has 0 radical (unpaired) electrons. The van der Waals surface area contributed by atoms with Gasteiger partial charge in [0.25, 0.3) is 0 Å². The van der Waals surface area contributed by atoms with E-state index in [0.29, 0.717) is 0 Å². The van der Waals surface area contributed by atoms with Crippen molar-refractivity contribution in [3.05, 3.63) is 21.1 Å². The highest BCUT2D eigenvalue weighted by molar-refractivity contribution is 9.11. The topological polar surface area (TPSA) is 0 Å². The van der Waals surface area contributed by atoms with Gasteiger partial charge in [0.1, 0.15) is 0 Å². The molecule has 8 heteroatoms. The van der Waals surface area contributed by atoms with Crippen LogP contribution in [0.25, 0.3) is 28.6 Å². The van der Waals surface area contributed by atoms with Crippen molar-refractivity contribution in [1.29, 1.82) is 0 Å². The Bertz CT molecular complexity index is 1040. The summed E-state index contributed by atoms with van der Waals surface area (Å²) in [6.45, 7) is 14.6. The van der Waals surface area contributed by atoms with Crippen LogP contribution in [0.15, 0.2) is 21.1 Å². The number of halogens is 2. The molecule has 26 heavy (non-hydrogen) atoms. The SMILES string of the molecule is C[Si](C)(C)c1cc2sc(-c3sc4cc([Si](C)(C)C)sc4c3Br)c(Br)c2s1. The van der Waals surface area contributed by atoms with Gasteiger partial charge in [-0.25, -0.2) is 0 Å². The Kier molecular flexibility index (Phi) is 5.09. The fraction of sp³-hybridized carbons (Fsp3) is 0.333. The lowest BCUT2D eigenvalue weighted by Gasteiger charge is -2.12. The molecule has 4 aromatic heterocycles. The van der Waals surface area contributed by atoms with Crippen molar-refractivity contribution in [3.8, 4) is 9.75 Å². The van der Waals surface area contributed by atoms with E-state index < -0.39 is 16.1 Å². The quantitative estimate of drug-likeness (QED) is 0.213. The molecule has 4 aromatic rings. The van der Waals surface area contributed by atoms with E-state index in [1.54, 1.807) is 9.00 Å². The molecule has 0 aliphatic rings. The highest BCUT2D eigenvalue weighted by Crippen LogP contribution is 2.52. The maximum Gasteiger partial charge on any atom is 0.0904 e. The highest BCUT2D eigenvalue weighted by atomic mass is 79.9. The number of hydrogen-bond donors (Lipinski definition) is 0. The summed E-state index contributed by atoms with van der Waals surface area (Å²) in [5.41, 5.74) is 0. The van der Waals surface area contributed by atoms with Crippen molar-refractivity contribution >= 4 is 121 Å². The van der Waals surface area contributed by atoms with Gasteiger partial charge in [0, 0.05) is 9.40 Å². The van der Waals surface area contributed by atoms with Crippen molar-refractivity contribution in [3.63, 3.8) is 0 Å². The molecule has 0 saturated heterocycles. The average molecular weight is 581 g/mol. The number of rotatable bonds is 3. The van der Waals surface area contributed by atoms with Crippen LogP contribution in [0.2, 0.25) is 39.3 Å². The Hall–Kier alpha value is 0.714. The van der Waals surface area contributed by atoms with E-state index in [4.69, 9.17) is 0 Å². The second-order valence-electron chi connectivity index (χ2n) is 8.60. The minimum absolute atomic E-state index is 1.25. The minimum atomic E-state index is -1.25. The largest absolute Gasteiger partial charge is 0.143 e. The minimum Gasteiger partial charge on any atom is -0.143 e. The summed E-state index contributed by atoms with van der Waals surface area (Å²) in [6, 6.07) is 4.89. The monoisotopic (exact) mass is 578 g/mol. The third kappa shape index (κ3) is 3.32. The molecule has 0 bridgehead atoms. The van der Waals surface area contributed by atoms with Gasteiger partial charge < -0.3 is 0 Å². The van der Waals surface area contributed by atoms with Crippen molar-refractivity contribution in [2.45, 2.75) is 39.3 Å². The molecule has 0 amide bonds. The Balaban J connectivity index is 1.85. The summed E-state index contributed by atoms with van der Waals surface area (Å²) in [5.74, 6) is 0. The fourth-order valence-electron chi connectivity index (χ4n) is 2.75. The van der Waals surface area contributed by atoms with Crippen LogP contribution in [-0.2, 0) is 0 Å². The van der Waals surface area contributed by atoms with Crippen LogP contribution >= 0.6 is 77.2 Å². The highest BCUT2D eigenvalue weighted by Gasteiger charge is 2.26. The van der Waals surface area contributed by atoms with Crippen LogP contribution in [0.5, 0.6) is 0 Å². The maximum atomic E-state index is 3.93. The Morgan fingerprint density at radius 2 is 0.962 bits per heavy atom. The summed E-state index contributed by atoms with van der Waals surface area (Å²) >= 11 is 15.7. The van der Waals surface area contributed by atoms with Crippen LogP contribution < -0.4 is 9.00 Å². The Labute approximate surface area is 189 Å². The molecule has 0 aliphatic carbocycles. The molecule has 0 aliphatic heterocycles. The van der Waals surface area contributed by atoms with E-state index >= 15 is 0 Å². The third-order valence-electron chi connectivity index (χ3n) is 4.30. The second kappa shape index (κ2) is 6.62. The molecule has 0 unspecified atom stereocenters. The van der Waals surface area contributed by atoms with Crippen molar-refractivity contribution in [1.82, 2.24) is 0 Å².